The predicted octanol–water partition coefficient (Wildman–Crippen LogP) is 3.10. The average molecular weight is 427 g/mol. The third-order valence-electron chi connectivity index (χ3n) is 4.51. The number of thioether (sulfide) groups is 1. The molecule has 4 aromatic rings. The van der Waals surface area contributed by atoms with Gasteiger partial charge in [-0.2, -0.15) is 0 Å². The third-order valence-corrected chi connectivity index (χ3v) is 6.45. The molecular formula is C20H18N4O3S2. The van der Waals surface area contributed by atoms with Crippen LogP contribution in [0.3, 0.4) is 0 Å². The number of hydrogen-bond acceptors (Lipinski definition) is 5. The summed E-state index contributed by atoms with van der Waals surface area (Å²) in [5, 5.41) is 10.8. The highest BCUT2D eigenvalue weighted by atomic mass is 32.2. The van der Waals surface area contributed by atoms with Crippen molar-refractivity contribution in [3.05, 3.63) is 60.7 Å². The summed E-state index contributed by atoms with van der Waals surface area (Å²) in [6.07, 6.45) is 0. The molecule has 0 saturated heterocycles. The SMILES string of the molecule is Cn1c(SCC(=O)Nc2ccc3ccccc3c2)nc2cc(S(N)(=O)=O)ccc21. The van der Waals surface area contributed by atoms with E-state index in [0.29, 0.717) is 10.7 Å². The number of primary sulfonamides is 1. The molecule has 0 aliphatic carbocycles. The van der Waals surface area contributed by atoms with Crippen LogP contribution < -0.4 is 10.5 Å². The topological polar surface area (TPSA) is 107 Å². The molecule has 148 valence electrons. The Morgan fingerprint density at radius 1 is 1.10 bits per heavy atom. The maximum Gasteiger partial charge on any atom is 0.238 e. The second-order valence-corrected chi connectivity index (χ2v) is 9.05. The summed E-state index contributed by atoms with van der Waals surface area (Å²) in [6.45, 7) is 0. The zero-order chi connectivity index (χ0) is 20.6. The lowest BCUT2D eigenvalue weighted by atomic mass is 10.1. The van der Waals surface area contributed by atoms with Crippen LogP contribution in [0.25, 0.3) is 21.8 Å². The highest BCUT2D eigenvalue weighted by Gasteiger charge is 2.14. The van der Waals surface area contributed by atoms with Crippen LogP contribution >= 0.6 is 11.8 Å². The van der Waals surface area contributed by atoms with Gasteiger partial charge >= 0.3 is 0 Å². The second-order valence-electron chi connectivity index (χ2n) is 6.55. The Morgan fingerprint density at radius 3 is 2.62 bits per heavy atom. The number of nitrogens with one attached hydrogen (secondary N) is 1. The number of sulfonamides is 1. The predicted molar refractivity (Wildman–Crippen MR) is 115 cm³/mol. The molecule has 1 heterocycles. The number of rotatable bonds is 5. The maximum atomic E-state index is 12.4. The highest BCUT2D eigenvalue weighted by Crippen LogP contribution is 2.25. The lowest BCUT2D eigenvalue weighted by Gasteiger charge is -2.07. The number of benzene rings is 3. The van der Waals surface area contributed by atoms with Crippen LogP contribution in [0.5, 0.6) is 0 Å². The van der Waals surface area contributed by atoms with Crippen LogP contribution in [0.1, 0.15) is 0 Å². The Balaban J connectivity index is 1.48. The van der Waals surface area contributed by atoms with Crippen molar-refractivity contribution in [2.24, 2.45) is 12.2 Å². The largest absolute Gasteiger partial charge is 0.325 e. The van der Waals surface area contributed by atoms with E-state index in [9.17, 15) is 13.2 Å². The fourth-order valence-electron chi connectivity index (χ4n) is 3.06. The molecule has 0 atom stereocenters. The molecule has 0 fully saturated rings. The van der Waals surface area contributed by atoms with E-state index in [1.54, 1.807) is 6.07 Å². The molecule has 4 rings (SSSR count). The van der Waals surface area contributed by atoms with Crippen LogP contribution in [-0.2, 0) is 21.9 Å². The lowest BCUT2D eigenvalue weighted by Crippen LogP contribution is -2.14. The van der Waals surface area contributed by atoms with Gasteiger partial charge < -0.3 is 9.88 Å². The van der Waals surface area contributed by atoms with E-state index in [-0.39, 0.29) is 16.6 Å². The summed E-state index contributed by atoms with van der Waals surface area (Å²) in [4.78, 5) is 16.8. The first-order chi connectivity index (χ1) is 13.8. The first-order valence-corrected chi connectivity index (χ1v) is 11.3. The van der Waals surface area contributed by atoms with Crippen molar-refractivity contribution in [1.82, 2.24) is 9.55 Å². The lowest BCUT2D eigenvalue weighted by molar-refractivity contribution is -0.113. The van der Waals surface area contributed by atoms with Crippen molar-refractivity contribution in [3.8, 4) is 0 Å². The van der Waals surface area contributed by atoms with Gasteiger partial charge in [-0.15, -0.1) is 0 Å². The average Bonchev–Trinajstić information content (AvgIpc) is 3.01. The minimum atomic E-state index is -3.79. The fraction of sp³-hybridized carbons (Fsp3) is 0.100. The number of nitrogens with zero attached hydrogens (tertiary/aromatic N) is 2. The standard InChI is InChI=1S/C20H18N4O3S2/c1-24-18-9-8-16(29(21,26)27)11-17(18)23-20(24)28-12-19(25)22-15-7-6-13-4-2-3-5-14(13)10-15/h2-11H,12H2,1H3,(H,22,25)(H2,21,26,27). The van der Waals surface area contributed by atoms with Crippen molar-refractivity contribution in [2.75, 3.05) is 11.1 Å². The van der Waals surface area contributed by atoms with E-state index in [1.165, 1.54) is 23.9 Å². The molecule has 0 unspecified atom stereocenters. The van der Waals surface area contributed by atoms with Gasteiger partial charge in [0, 0.05) is 12.7 Å². The van der Waals surface area contributed by atoms with E-state index in [1.807, 2.05) is 54.1 Å². The Kier molecular flexibility index (Phi) is 5.03. The van der Waals surface area contributed by atoms with Gasteiger partial charge in [0.15, 0.2) is 5.16 Å². The molecule has 0 saturated carbocycles. The number of carbonyl (C=O) groups excluding carboxylic acids is 1. The molecule has 0 bridgehead atoms. The number of amides is 1. The van der Waals surface area contributed by atoms with Gasteiger partial charge in [-0.1, -0.05) is 42.1 Å². The van der Waals surface area contributed by atoms with E-state index < -0.39 is 10.0 Å². The fourth-order valence-corrected chi connectivity index (χ4v) is 4.38. The monoisotopic (exact) mass is 426 g/mol. The number of hydrogen-bond donors (Lipinski definition) is 2. The number of aromatic nitrogens is 2. The molecule has 1 aromatic heterocycles. The van der Waals surface area contributed by atoms with Gasteiger partial charge in [0.1, 0.15) is 0 Å². The van der Waals surface area contributed by atoms with Crippen LogP contribution in [0.15, 0.2) is 70.7 Å². The molecular weight excluding hydrogens is 408 g/mol. The number of imidazole rings is 1. The molecule has 0 aliphatic heterocycles. The molecule has 0 radical (unpaired) electrons. The Morgan fingerprint density at radius 2 is 1.86 bits per heavy atom. The van der Waals surface area contributed by atoms with E-state index in [0.717, 1.165) is 22.0 Å². The van der Waals surface area contributed by atoms with Crippen molar-refractivity contribution >= 4 is 55.2 Å². The molecule has 7 nitrogen and oxygen atoms in total. The van der Waals surface area contributed by atoms with Gasteiger partial charge in [-0.25, -0.2) is 18.5 Å². The highest BCUT2D eigenvalue weighted by molar-refractivity contribution is 7.99. The van der Waals surface area contributed by atoms with Crippen LogP contribution in [0.2, 0.25) is 0 Å². The van der Waals surface area contributed by atoms with Crippen LogP contribution in [0, 0.1) is 0 Å². The molecule has 1 amide bonds. The summed E-state index contributed by atoms with van der Waals surface area (Å²) >= 11 is 1.28. The first-order valence-electron chi connectivity index (χ1n) is 8.72. The molecule has 0 aliphatic rings. The Bertz CT molecular complexity index is 1350. The molecule has 0 spiro atoms. The van der Waals surface area contributed by atoms with Gasteiger partial charge in [-0.3, -0.25) is 4.79 Å². The van der Waals surface area contributed by atoms with Gasteiger partial charge in [0.25, 0.3) is 0 Å². The Hall–Kier alpha value is -2.88. The summed E-state index contributed by atoms with van der Waals surface area (Å²) in [5.41, 5.74) is 2.00. The van der Waals surface area contributed by atoms with Crippen molar-refractivity contribution in [2.45, 2.75) is 10.1 Å². The Labute approximate surface area is 172 Å². The summed E-state index contributed by atoms with van der Waals surface area (Å²) in [5.74, 6) is 0.0222. The maximum absolute atomic E-state index is 12.4. The number of nitrogens with two attached hydrogens (primary N) is 1. The smallest absolute Gasteiger partial charge is 0.238 e. The molecule has 29 heavy (non-hydrogen) atoms. The van der Waals surface area contributed by atoms with Gasteiger partial charge in [0.05, 0.1) is 21.7 Å². The van der Waals surface area contributed by atoms with E-state index >= 15 is 0 Å². The quantitative estimate of drug-likeness (QED) is 0.477. The molecule has 9 heteroatoms. The normalized spacial score (nSPS) is 11.8. The minimum Gasteiger partial charge on any atom is -0.325 e. The number of carbonyl (C=O) groups is 1. The van der Waals surface area contributed by atoms with E-state index in [4.69, 9.17) is 5.14 Å². The van der Waals surface area contributed by atoms with E-state index in [2.05, 4.69) is 10.3 Å². The molecule has 3 aromatic carbocycles. The summed E-state index contributed by atoms with van der Waals surface area (Å²) in [6, 6.07) is 18.2. The van der Waals surface area contributed by atoms with Gasteiger partial charge in [-0.05, 0) is 41.1 Å². The minimum absolute atomic E-state index is 0.00805. The zero-order valence-electron chi connectivity index (χ0n) is 15.5. The van der Waals surface area contributed by atoms with Crippen molar-refractivity contribution in [3.63, 3.8) is 0 Å². The number of anilines is 1. The summed E-state index contributed by atoms with van der Waals surface area (Å²) < 4.78 is 24.9. The summed E-state index contributed by atoms with van der Waals surface area (Å²) in [7, 11) is -1.98. The van der Waals surface area contributed by atoms with Crippen molar-refractivity contribution in [1.29, 1.82) is 0 Å². The van der Waals surface area contributed by atoms with Crippen molar-refractivity contribution < 1.29 is 13.2 Å². The zero-order valence-corrected chi connectivity index (χ0v) is 17.1. The second kappa shape index (κ2) is 7.51. The third kappa shape index (κ3) is 4.12. The van der Waals surface area contributed by atoms with Crippen LogP contribution in [0.4, 0.5) is 5.69 Å². The molecule has 3 N–H and O–H groups in total. The number of aryl methyl sites for hydroxylation is 1. The van der Waals surface area contributed by atoms with Crippen LogP contribution in [-0.4, -0.2) is 29.6 Å². The first kappa shape index (κ1) is 19.4. The number of fused-ring (bicyclic) bond motifs is 2. The van der Waals surface area contributed by atoms with Gasteiger partial charge in [0.2, 0.25) is 15.9 Å².